The van der Waals surface area contributed by atoms with E-state index in [1.165, 1.54) is 17.4 Å². The number of nitrogens with zero attached hydrogens (tertiary/aromatic N) is 3. The van der Waals surface area contributed by atoms with Gasteiger partial charge in [-0.3, -0.25) is 0 Å². The van der Waals surface area contributed by atoms with Crippen molar-refractivity contribution in [3.05, 3.63) is 52.8 Å². The number of aromatic nitrogens is 3. The summed E-state index contributed by atoms with van der Waals surface area (Å²) >= 11 is 7.16. The SMILES string of the molecule is C=CCOC(=O)c1sc(Nc2nc(Cl)nc3ccccc23)nc1C. The highest BCUT2D eigenvalue weighted by atomic mass is 35.5. The first-order chi connectivity index (χ1) is 11.6. The molecule has 0 unspecified atom stereocenters. The first-order valence-corrected chi connectivity index (χ1v) is 8.22. The summed E-state index contributed by atoms with van der Waals surface area (Å²) in [6.07, 6.45) is 1.52. The molecule has 0 aliphatic rings. The average Bonchev–Trinajstić information content (AvgIpc) is 2.93. The first kappa shape index (κ1) is 16.4. The summed E-state index contributed by atoms with van der Waals surface area (Å²) in [6.45, 7) is 5.42. The lowest BCUT2D eigenvalue weighted by Gasteiger charge is -2.06. The van der Waals surface area contributed by atoms with Gasteiger partial charge in [0.2, 0.25) is 5.28 Å². The van der Waals surface area contributed by atoms with E-state index in [9.17, 15) is 4.79 Å². The van der Waals surface area contributed by atoms with Gasteiger partial charge in [-0.1, -0.05) is 36.1 Å². The number of hydrogen-bond donors (Lipinski definition) is 1. The summed E-state index contributed by atoms with van der Waals surface area (Å²) in [4.78, 5) is 25.2. The fourth-order valence-electron chi connectivity index (χ4n) is 2.08. The summed E-state index contributed by atoms with van der Waals surface area (Å²) in [5.74, 6) is 0.105. The Kier molecular flexibility index (Phi) is 4.73. The molecule has 0 aliphatic heterocycles. The lowest BCUT2D eigenvalue weighted by atomic mass is 10.2. The van der Waals surface area contributed by atoms with E-state index < -0.39 is 5.97 Å². The van der Waals surface area contributed by atoms with Crippen molar-refractivity contribution < 1.29 is 9.53 Å². The second kappa shape index (κ2) is 6.94. The van der Waals surface area contributed by atoms with E-state index in [4.69, 9.17) is 16.3 Å². The van der Waals surface area contributed by atoms with Crippen LogP contribution in [0.25, 0.3) is 10.9 Å². The van der Waals surface area contributed by atoms with Crippen LogP contribution in [0.2, 0.25) is 5.28 Å². The van der Waals surface area contributed by atoms with Gasteiger partial charge in [-0.05, 0) is 30.7 Å². The number of hydrogen-bond acceptors (Lipinski definition) is 7. The lowest BCUT2D eigenvalue weighted by molar-refractivity contribution is 0.0554. The van der Waals surface area contributed by atoms with E-state index in [0.717, 1.165) is 10.9 Å². The molecule has 2 aromatic heterocycles. The van der Waals surface area contributed by atoms with Gasteiger partial charge in [0.15, 0.2) is 5.13 Å². The van der Waals surface area contributed by atoms with Gasteiger partial charge in [-0.15, -0.1) is 0 Å². The molecule has 0 spiro atoms. The fraction of sp³-hybridized carbons (Fsp3) is 0.125. The predicted octanol–water partition coefficient (Wildman–Crippen LogP) is 4.13. The maximum Gasteiger partial charge on any atom is 0.350 e. The number of thiazole rings is 1. The van der Waals surface area contributed by atoms with Crippen LogP contribution in [0.5, 0.6) is 0 Å². The normalized spacial score (nSPS) is 10.6. The summed E-state index contributed by atoms with van der Waals surface area (Å²) < 4.78 is 5.05. The smallest absolute Gasteiger partial charge is 0.350 e. The molecule has 6 nitrogen and oxygen atoms in total. The summed E-state index contributed by atoms with van der Waals surface area (Å²) in [5.41, 5.74) is 1.31. The van der Waals surface area contributed by atoms with Crippen molar-refractivity contribution in [2.45, 2.75) is 6.92 Å². The van der Waals surface area contributed by atoms with Crippen LogP contribution in [0.15, 0.2) is 36.9 Å². The average molecular weight is 361 g/mol. The molecule has 0 amide bonds. The number of rotatable bonds is 5. The van der Waals surface area contributed by atoms with Gasteiger partial charge in [-0.2, -0.15) is 4.98 Å². The van der Waals surface area contributed by atoms with Gasteiger partial charge in [0, 0.05) is 5.39 Å². The fourth-order valence-corrected chi connectivity index (χ4v) is 3.12. The molecule has 0 aliphatic carbocycles. The molecule has 1 N–H and O–H groups in total. The molecule has 1 aromatic carbocycles. The number of nitrogens with one attached hydrogen (secondary N) is 1. The van der Waals surface area contributed by atoms with E-state index in [-0.39, 0.29) is 11.9 Å². The first-order valence-electron chi connectivity index (χ1n) is 7.03. The highest BCUT2D eigenvalue weighted by Gasteiger charge is 2.17. The number of carbonyl (C=O) groups is 1. The number of benzene rings is 1. The topological polar surface area (TPSA) is 77.0 Å². The molecule has 24 heavy (non-hydrogen) atoms. The number of ether oxygens (including phenoxy) is 1. The Labute approximate surface area is 147 Å². The van der Waals surface area contributed by atoms with E-state index in [1.54, 1.807) is 6.92 Å². The van der Waals surface area contributed by atoms with Crippen LogP contribution in [0, 0.1) is 6.92 Å². The minimum atomic E-state index is -0.427. The molecule has 3 aromatic rings. The van der Waals surface area contributed by atoms with E-state index in [1.807, 2.05) is 24.3 Å². The maximum absolute atomic E-state index is 12.0. The third kappa shape index (κ3) is 3.37. The Hall–Kier alpha value is -2.51. The molecule has 0 radical (unpaired) electrons. The molecular weight excluding hydrogens is 348 g/mol. The maximum atomic E-state index is 12.0. The largest absolute Gasteiger partial charge is 0.457 e. The molecule has 0 atom stereocenters. The summed E-state index contributed by atoms with van der Waals surface area (Å²) in [7, 11) is 0. The van der Waals surface area contributed by atoms with Crippen molar-refractivity contribution >= 4 is 50.8 Å². The molecule has 3 rings (SSSR count). The van der Waals surface area contributed by atoms with Gasteiger partial charge in [-0.25, -0.2) is 14.8 Å². The van der Waals surface area contributed by atoms with Gasteiger partial charge in [0.1, 0.15) is 17.3 Å². The standard InChI is InChI=1S/C16H13ClN4O2S/c1-3-8-23-14(22)12-9(2)18-16(24-12)21-13-10-6-4-5-7-11(10)19-15(17)20-13/h3-7H,1,8H2,2H3,(H,18,19,20,21). The Balaban J connectivity index is 1.92. The number of para-hydroxylation sites is 1. The van der Waals surface area contributed by atoms with Gasteiger partial charge in [0.05, 0.1) is 11.2 Å². The molecule has 2 heterocycles. The second-order valence-electron chi connectivity index (χ2n) is 4.80. The number of halogens is 1. The van der Waals surface area contributed by atoms with Crippen molar-refractivity contribution in [2.75, 3.05) is 11.9 Å². The number of esters is 1. The van der Waals surface area contributed by atoms with E-state index in [0.29, 0.717) is 21.5 Å². The summed E-state index contributed by atoms with van der Waals surface area (Å²) in [5, 5.41) is 4.57. The van der Waals surface area contributed by atoms with Crippen LogP contribution < -0.4 is 5.32 Å². The molecular formula is C16H13ClN4O2S. The molecule has 8 heteroatoms. The third-order valence-corrected chi connectivity index (χ3v) is 4.34. The zero-order valence-electron chi connectivity index (χ0n) is 12.7. The predicted molar refractivity (Wildman–Crippen MR) is 95.2 cm³/mol. The van der Waals surface area contributed by atoms with Crippen LogP contribution in [-0.2, 0) is 4.74 Å². The Morgan fingerprint density at radius 1 is 1.38 bits per heavy atom. The van der Waals surface area contributed by atoms with Crippen molar-refractivity contribution in [3.63, 3.8) is 0 Å². The second-order valence-corrected chi connectivity index (χ2v) is 6.14. The lowest BCUT2D eigenvalue weighted by Crippen LogP contribution is -2.04. The van der Waals surface area contributed by atoms with Crippen LogP contribution in [0.1, 0.15) is 15.4 Å². The quantitative estimate of drug-likeness (QED) is 0.418. The monoisotopic (exact) mass is 360 g/mol. The number of fused-ring (bicyclic) bond motifs is 1. The van der Waals surface area contributed by atoms with Gasteiger partial charge >= 0.3 is 5.97 Å². The third-order valence-electron chi connectivity index (χ3n) is 3.12. The highest BCUT2D eigenvalue weighted by Crippen LogP contribution is 2.29. The van der Waals surface area contributed by atoms with Crippen LogP contribution in [0.4, 0.5) is 10.9 Å². The van der Waals surface area contributed by atoms with Crippen molar-refractivity contribution in [2.24, 2.45) is 0 Å². The minimum absolute atomic E-state index is 0.134. The molecule has 0 bridgehead atoms. The Morgan fingerprint density at radius 3 is 2.96 bits per heavy atom. The highest BCUT2D eigenvalue weighted by molar-refractivity contribution is 7.17. The number of anilines is 2. The van der Waals surface area contributed by atoms with Crippen molar-refractivity contribution in [1.82, 2.24) is 15.0 Å². The number of carbonyl (C=O) groups excluding carboxylic acids is 1. The number of aryl methyl sites for hydroxylation is 1. The van der Waals surface area contributed by atoms with Crippen molar-refractivity contribution in [1.29, 1.82) is 0 Å². The van der Waals surface area contributed by atoms with Gasteiger partial charge in [0.25, 0.3) is 0 Å². The van der Waals surface area contributed by atoms with Gasteiger partial charge < -0.3 is 10.1 Å². The van der Waals surface area contributed by atoms with Crippen LogP contribution >= 0.6 is 22.9 Å². The summed E-state index contributed by atoms with van der Waals surface area (Å²) in [6, 6.07) is 7.49. The molecule has 122 valence electrons. The molecule has 0 saturated carbocycles. The van der Waals surface area contributed by atoms with Crippen molar-refractivity contribution in [3.8, 4) is 0 Å². The molecule has 0 saturated heterocycles. The van der Waals surface area contributed by atoms with E-state index in [2.05, 4.69) is 26.8 Å². The Morgan fingerprint density at radius 2 is 2.17 bits per heavy atom. The molecule has 0 fully saturated rings. The zero-order valence-corrected chi connectivity index (χ0v) is 14.3. The van der Waals surface area contributed by atoms with Crippen LogP contribution in [0.3, 0.4) is 0 Å². The Bertz CT molecular complexity index is 926. The van der Waals surface area contributed by atoms with Crippen LogP contribution in [-0.4, -0.2) is 27.5 Å². The minimum Gasteiger partial charge on any atom is -0.457 e. The zero-order chi connectivity index (χ0) is 17.1. The van der Waals surface area contributed by atoms with E-state index >= 15 is 0 Å².